The Morgan fingerprint density at radius 2 is 2.00 bits per heavy atom. The third kappa shape index (κ3) is 4.16. The van der Waals surface area contributed by atoms with Crippen molar-refractivity contribution >= 4 is 5.69 Å². The lowest BCUT2D eigenvalue weighted by molar-refractivity contribution is -0.385. The largest absolute Gasteiger partial charge is 0.310 e. The molecule has 0 bridgehead atoms. The van der Waals surface area contributed by atoms with Crippen LogP contribution in [0.2, 0.25) is 0 Å². The molecule has 6 heteroatoms. The molecular weight excluding hydrogens is 292 g/mol. The van der Waals surface area contributed by atoms with Crippen LogP contribution in [0.3, 0.4) is 0 Å². The maximum Gasteiger partial charge on any atom is 0.272 e. The van der Waals surface area contributed by atoms with Crippen molar-refractivity contribution in [3.8, 4) is 0 Å². The first-order valence-electron chi connectivity index (χ1n) is 7.83. The topological polar surface area (TPSA) is 73.0 Å². The fourth-order valence-electron chi connectivity index (χ4n) is 2.58. The van der Waals surface area contributed by atoms with Crippen molar-refractivity contribution in [2.45, 2.75) is 39.8 Å². The van der Waals surface area contributed by atoms with Crippen LogP contribution in [0.5, 0.6) is 0 Å². The predicted octanol–water partition coefficient (Wildman–Crippen LogP) is 2.99. The Hall–Kier alpha value is -2.21. The van der Waals surface area contributed by atoms with E-state index in [1.807, 2.05) is 37.0 Å². The van der Waals surface area contributed by atoms with E-state index in [0.717, 1.165) is 17.8 Å². The summed E-state index contributed by atoms with van der Waals surface area (Å²) >= 11 is 0. The van der Waals surface area contributed by atoms with Crippen LogP contribution in [0.25, 0.3) is 0 Å². The molecule has 0 unspecified atom stereocenters. The Balaban J connectivity index is 1.96. The highest BCUT2D eigenvalue weighted by Crippen LogP contribution is 2.22. The van der Waals surface area contributed by atoms with Crippen LogP contribution in [0, 0.1) is 23.0 Å². The number of nitrogens with zero attached hydrogens (tertiary/aromatic N) is 3. The fourth-order valence-corrected chi connectivity index (χ4v) is 2.58. The average Bonchev–Trinajstić information content (AvgIpc) is 2.84. The molecule has 2 atom stereocenters. The Labute approximate surface area is 136 Å². The summed E-state index contributed by atoms with van der Waals surface area (Å²) in [7, 11) is 1.93. The number of para-hydroxylation sites is 1. The van der Waals surface area contributed by atoms with E-state index in [1.54, 1.807) is 12.1 Å². The van der Waals surface area contributed by atoms with Crippen molar-refractivity contribution in [3.05, 3.63) is 57.4 Å². The van der Waals surface area contributed by atoms with Crippen LogP contribution in [0.15, 0.2) is 30.5 Å². The fraction of sp³-hybridized carbons (Fsp3) is 0.471. The standard InChI is InChI=1S/C17H24N4O2/c1-12(9-15-7-5-6-8-17(15)21(22)23)13(2)18-10-16-11-19-20(4)14(16)3/h5-8,11-13,18H,9-10H2,1-4H3/t12-,13-/m0/s1. The van der Waals surface area contributed by atoms with Gasteiger partial charge >= 0.3 is 0 Å². The highest BCUT2D eigenvalue weighted by Gasteiger charge is 2.19. The Morgan fingerprint density at radius 3 is 2.61 bits per heavy atom. The molecule has 0 aliphatic rings. The van der Waals surface area contributed by atoms with E-state index in [2.05, 4.69) is 24.3 Å². The van der Waals surface area contributed by atoms with Crippen LogP contribution in [0.4, 0.5) is 5.69 Å². The van der Waals surface area contributed by atoms with Crippen LogP contribution in [-0.4, -0.2) is 20.7 Å². The van der Waals surface area contributed by atoms with E-state index in [0.29, 0.717) is 6.42 Å². The third-order valence-corrected chi connectivity index (χ3v) is 4.54. The number of aromatic nitrogens is 2. The summed E-state index contributed by atoms with van der Waals surface area (Å²) in [4.78, 5) is 10.8. The van der Waals surface area contributed by atoms with Crippen LogP contribution >= 0.6 is 0 Å². The molecule has 124 valence electrons. The van der Waals surface area contributed by atoms with Gasteiger partial charge < -0.3 is 5.32 Å². The predicted molar refractivity (Wildman–Crippen MR) is 90.2 cm³/mol. The first-order chi connectivity index (χ1) is 10.9. The first kappa shape index (κ1) is 17.1. The minimum absolute atomic E-state index is 0.203. The molecule has 0 saturated carbocycles. The monoisotopic (exact) mass is 316 g/mol. The summed E-state index contributed by atoms with van der Waals surface area (Å²) < 4.78 is 1.86. The highest BCUT2D eigenvalue weighted by molar-refractivity contribution is 5.40. The zero-order valence-electron chi connectivity index (χ0n) is 14.1. The minimum atomic E-state index is -0.306. The lowest BCUT2D eigenvalue weighted by atomic mass is 9.94. The van der Waals surface area contributed by atoms with Gasteiger partial charge in [0.15, 0.2) is 0 Å². The summed E-state index contributed by atoms with van der Waals surface area (Å²) in [6, 6.07) is 7.21. The van der Waals surface area contributed by atoms with Gasteiger partial charge in [-0.15, -0.1) is 0 Å². The molecule has 0 amide bonds. The van der Waals surface area contributed by atoms with Gasteiger partial charge in [-0.1, -0.05) is 25.1 Å². The van der Waals surface area contributed by atoms with Gasteiger partial charge in [0, 0.05) is 42.5 Å². The van der Waals surface area contributed by atoms with E-state index in [-0.39, 0.29) is 22.6 Å². The Kier molecular flexibility index (Phi) is 5.50. The molecule has 0 aliphatic heterocycles. The van der Waals surface area contributed by atoms with Gasteiger partial charge in [-0.2, -0.15) is 5.10 Å². The number of nitro benzene ring substituents is 1. The molecule has 23 heavy (non-hydrogen) atoms. The quantitative estimate of drug-likeness (QED) is 0.629. The molecule has 2 rings (SSSR count). The van der Waals surface area contributed by atoms with Crippen LogP contribution in [-0.2, 0) is 20.0 Å². The molecule has 0 saturated heterocycles. The lowest BCUT2D eigenvalue weighted by Crippen LogP contribution is -2.33. The average molecular weight is 316 g/mol. The number of hydrogen-bond acceptors (Lipinski definition) is 4. The lowest BCUT2D eigenvalue weighted by Gasteiger charge is -2.21. The minimum Gasteiger partial charge on any atom is -0.310 e. The second-order valence-corrected chi connectivity index (χ2v) is 6.12. The van der Waals surface area contributed by atoms with Crippen molar-refractivity contribution in [1.29, 1.82) is 0 Å². The normalized spacial score (nSPS) is 13.7. The highest BCUT2D eigenvalue weighted by atomic mass is 16.6. The Bertz CT molecular complexity index is 681. The number of hydrogen-bond donors (Lipinski definition) is 1. The van der Waals surface area contributed by atoms with Crippen molar-refractivity contribution in [3.63, 3.8) is 0 Å². The van der Waals surface area contributed by atoms with E-state index in [1.165, 1.54) is 5.56 Å². The summed E-state index contributed by atoms with van der Waals surface area (Å²) in [5.74, 6) is 0.285. The third-order valence-electron chi connectivity index (χ3n) is 4.54. The molecule has 1 aromatic heterocycles. The van der Waals surface area contributed by atoms with Crippen molar-refractivity contribution < 1.29 is 4.92 Å². The molecule has 0 aliphatic carbocycles. The summed E-state index contributed by atoms with van der Waals surface area (Å²) in [6.07, 6.45) is 2.55. The van der Waals surface area contributed by atoms with Crippen molar-refractivity contribution in [2.75, 3.05) is 0 Å². The summed E-state index contributed by atoms with van der Waals surface area (Å²) in [5, 5.41) is 18.8. The first-order valence-corrected chi connectivity index (χ1v) is 7.83. The number of rotatable bonds is 7. The number of aryl methyl sites for hydroxylation is 1. The SMILES string of the molecule is Cc1c(CN[C@@H](C)[C@@H](C)Cc2ccccc2[N+](=O)[O-])cnn1C. The molecule has 2 aromatic rings. The molecule has 1 aromatic carbocycles. The van der Waals surface area contributed by atoms with Gasteiger partial charge in [-0.05, 0) is 26.2 Å². The summed E-state index contributed by atoms with van der Waals surface area (Å²) in [5.41, 5.74) is 3.32. The summed E-state index contributed by atoms with van der Waals surface area (Å²) in [6.45, 7) is 7.03. The van der Waals surface area contributed by atoms with Gasteiger partial charge in [-0.25, -0.2) is 0 Å². The molecule has 0 fully saturated rings. The maximum atomic E-state index is 11.1. The zero-order chi connectivity index (χ0) is 17.0. The second kappa shape index (κ2) is 7.37. The van der Waals surface area contributed by atoms with Gasteiger partial charge in [0.2, 0.25) is 0 Å². The number of nitro groups is 1. The van der Waals surface area contributed by atoms with Gasteiger partial charge in [0.05, 0.1) is 11.1 Å². The van der Waals surface area contributed by atoms with Crippen molar-refractivity contribution in [2.24, 2.45) is 13.0 Å². The zero-order valence-corrected chi connectivity index (χ0v) is 14.1. The Morgan fingerprint density at radius 1 is 1.30 bits per heavy atom. The van der Waals surface area contributed by atoms with E-state index in [9.17, 15) is 10.1 Å². The van der Waals surface area contributed by atoms with Gasteiger partial charge in [-0.3, -0.25) is 14.8 Å². The van der Waals surface area contributed by atoms with Crippen LogP contribution in [0.1, 0.15) is 30.7 Å². The number of nitrogens with one attached hydrogen (secondary N) is 1. The maximum absolute atomic E-state index is 11.1. The number of benzene rings is 1. The smallest absolute Gasteiger partial charge is 0.272 e. The second-order valence-electron chi connectivity index (χ2n) is 6.12. The van der Waals surface area contributed by atoms with E-state index in [4.69, 9.17) is 0 Å². The molecule has 0 spiro atoms. The van der Waals surface area contributed by atoms with E-state index < -0.39 is 0 Å². The van der Waals surface area contributed by atoms with Crippen LogP contribution < -0.4 is 5.32 Å². The molecule has 1 heterocycles. The molecule has 0 radical (unpaired) electrons. The molecule has 1 N–H and O–H groups in total. The molecule has 6 nitrogen and oxygen atoms in total. The molecular formula is C17H24N4O2. The van der Waals surface area contributed by atoms with Crippen molar-refractivity contribution in [1.82, 2.24) is 15.1 Å². The van der Waals surface area contributed by atoms with Gasteiger partial charge in [0.25, 0.3) is 5.69 Å². The van der Waals surface area contributed by atoms with Gasteiger partial charge in [0.1, 0.15) is 0 Å². The van der Waals surface area contributed by atoms with E-state index >= 15 is 0 Å².